The second-order valence-electron chi connectivity index (χ2n) is 4.55. The van der Waals surface area contributed by atoms with E-state index in [0.29, 0.717) is 11.5 Å². The van der Waals surface area contributed by atoms with Gasteiger partial charge in [-0.25, -0.2) is 0 Å². The first-order valence-electron chi connectivity index (χ1n) is 6.10. The fourth-order valence-electron chi connectivity index (χ4n) is 1.75. The number of H-pyrrole nitrogens is 1. The van der Waals surface area contributed by atoms with Gasteiger partial charge < -0.3 is 14.8 Å². The highest BCUT2D eigenvalue weighted by Gasteiger charge is 2.16. The molecule has 3 N–H and O–H groups in total. The standard InChI is InChI=1S/C13H15N3O4/c1-7(5-12(17)18)14-13(19)10-6-9(15-16-10)11-4-3-8(2)20-11/h3-4,6-7H,5H2,1-2H3,(H,14,19)(H,15,16)(H,17,18). The fourth-order valence-corrected chi connectivity index (χ4v) is 1.75. The molecule has 2 rings (SSSR count). The second kappa shape index (κ2) is 5.60. The number of amides is 1. The van der Waals surface area contributed by atoms with E-state index < -0.39 is 17.9 Å². The van der Waals surface area contributed by atoms with E-state index in [1.165, 1.54) is 0 Å². The molecule has 0 saturated heterocycles. The third-order valence-electron chi connectivity index (χ3n) is 2.67. The number of aryl methyl sites for hydroxylation is 1. The van der Waals surface area contributed by atoms with Gasteiger partial charge in [0, 0.05) is 12.1 Å². The smallest absolute Gasteiger partial charge is 0.305 e. The van der Waals surface area contributed by atoms with Crippen molar-refractivity contribution in [3.63, 3.8) is 0 Å². The molecule has 106 valence electrons. The van der Waals surface area contributed by atoms with Crippen LogP contribution in [0.5, 0.6) is 0 Å². The summed E-state index contributed by atoms with van der Waals surface area (Å²) >= 11 is 0. The predicted octanol–water partition coefficient (Wildman–Crippen LogP) is 1.57. The molecule has 7 nitrogen and oxygen atoms in total. The van der Waals surface area contributed by atoms with Crippen LogP contribution in [0.4, 0.5) is 0 Å². The Labute approximate surface area is 115 Å². The molecule has 0 saturated carbocycles. The molecule has 0 aliphatic heterocycles. The number of aliphatic carboxylic acids is 1. The number of nitrogens with zero attached hydrogens (tertiary/aromatic N) is 1. The largest absolute Gasteiger partial charge is 0.481 e. The molecule has 1 amide bonds. The lowest BCUT2D eigenvalue weighted by atomic mass is 10.2. The van der Waals surface area contributed by atoms with E-state index in [4.69, 9.17) is 9.52 Å². The first-order valence-corrected chi connectivity index (χ1v) is 6.10. The molecule has 0 aliphatic carbocycles. The van der Waals surface area contributed by atoms with Crippen LogP contribution in [0.1, 0.15) is 29.6 Å². The van der Waals surface area contributed by atoms with Gasteiger partial charge in [0.05, 0.1) is 6.42 Å². The van der Waals surface area contributed by atoms with Crippen molar-refractivity contribution in [1.82, 2.24) is 15.5 Å². The van der Waals surface area contributed by atoms with Gasteiger partial charge in [0.1, 0.15) is 11.5 Å². The summed E-state index contributed by atoms with van der Waals surface area (Å²) < 4.78 is 5.42. The van der Waals surface area contributed by atoms with E-state index >= 15 is 0 Å². The summed E-state index contributed by atoms with van der Waals surface area (Å²) in [5.41, 5.74) is 0.778. The van der Waals surface area contributed by atoms with E-state index in [1.807, 2.05) is 13.0 Å². The molecule has 0 bridgehead atoms. The van der Waals surface area contributed by atoms with Gasteiger partial charge in [0.25, 0.3) is 5.91 Å². The van der Waals surface area contributed by atoms with E-state index in [9.17, 15) is 9.59 Å². The van der Waals surface area contributed by atoms with Gasteiger partial charge in [0.15, 0.2) is 11.5 Å². The summed E-state index contributed by atoms with van der Waals surface area (Å²) in [7, 11) is 0. The van der Waals surface area contributed by atoms with Crippen LogP contribution in [-0.4, -0.2) is 33.2 Å². The number of hydrogen-bond donors (Lipinski definition) is 3. The number of hydrogen-bond acceptors (Lipinski definition) is 4. The maximum Gasteiger partial charge on any atom is 0.305 e. The molecule has 0 aromatic carbocycles. The van der Waals surface area contributed by atoms with E-state index in [2.05, 4.69) is 15.5 Å². The lowest BCUT2D eigenvalue weighted by Gasteiger charge is -2.09. The number of carbonyl (C=O) groups excluding carboxylic acids is 1. The van der Waals surface area contributed by atoms with Crippen LogP contribution < -0.4 is 5.32 Å². The minimum atomic E-state index is -0.966. The topological polar surface area (TPSA) is 108 Å². The summed E-state index contributed by atoms with van der Waals surface area (Å²) in [6.07, 6.45) is -0.138. The summed E-state index contributed by atoms with van der Waals surface area (Å²) in [6.45, 7) is 3.44. The average Bonchev–Trinajstić information content (AvgIpc) is 2.95. The Morgan fingerprint density at radius 3 is 2.85 bits per heavy atom. The van der Waals surface area contributed by atoms with Gasteiger partial charge in [-0.2, -0.15) is 5.10 Å². The molecular formula is C13H15N3O4. The number of aromatic nitrogens is 2. The average molecular weight is 277 g/mol. The van der Waals surface area contributed by atoms with Crippen LogP contribution >= 0.6 is 0 Å². The minimum absolute atomic E-state index is 0.138. The molecule has 20 heavy (non-hydrogen) atoms. The zero-order chi connectivity index (χ0) is 14.7. The SMILES string of the molecule is Cc1ccc(-c2cc(C(=O)NC(C)CC(=O)O)n[nH]2)o1. The first kappa shape index (κ1) is 13.9. The Bertz CT molecular complexity index is 629. The molecule has 1 unspecified atom stereocenters. The highest BCUT2D eigenvalue weighted by Crippen LogP contribution is 2.20. The monoisotopic (exact) mass is 277 g/mol. The van der Waals surface area contributed by atoms with E-state index in [0.717, 1.165) is 5.76 Å². The third kappa shape index (κ3) is 3.25. The summed E-state index contributed by atoms with van der Waals surface area (Å²) in [5, 5.41) is 17.8. The predicted molar refractivity (Wildman–Crippen MR) is 70.2 cm³/mol. The Morgan fingerprint density at radius 1 is 1.50 bits per heavy atom. The van der Waals surface area contributed by atoms with E-state index in [-0.39, 0.29) is 12.1 Å². The molecule has 2 aromatic heterocycles. The van der Waals surface area contributed by atoms with Crippen molar-refractivity contribution in [2.45, 2.75) is 26.3 Å². The Kier molecular flexibility index (Phi) is 3.88. The van der Waals surface area contributed by atoms with Gasteiger partial charge in [-0.05, 0) is 26.0 Å². The van der Waals surface area contributed by atoms with Crippen molar-refractivity contribution in [1.29, 1.82) is 0 Å². The van der Waals surface area contributed by atoms with Crippen LogP contribution in [0.3, 0.4) is 0 Å². The molecule has 0 aliphatic rings. The third-order valence-corrected chi connectivity index (χ3v) is 2.67. The number of nitrogens with one attached hydrogen (secondary N) is 2. The van der Waals surface area contributed by atoms with Gasteiger partial charge in [0.2, 0.25) is 0 Å². The van der Waals surface area contributed by atoms with Crippen LogP contribution in [-0.2, 0) is 4.79 Å². The van der Waals surface area contributed by atoms with Crippen molar-refractivity contribution in [2.75, 3.05) is 0 Å². The molecule has 0 fully saturated rings. The summed E-state index contributed by atoms with van der Waals surface area (Å²) in [6, 6.07) is 4.68. The highest BCUT2D eigenvalue weighted by molar-refractivity contribution is 5.93. The number of carboxylic acid groups (broad SMARTS) is 1. The zero-order valence-electron chi connectivity index (χ0n) is 11.1. The quantitative estimate of drug-likeness (QED) is 0.768. The Balaban J connectivity index is 2.05. The van der Waals surface area contributed by atoms with Crippen molar-refractivity contribution in [3.8, 4) is 11.5 Å². The van der Waals surface area contributed by atoms with Crippen LogP contribution in [0.25, 0.3) is 11.5 Å². The van der Waals surface area contributed by atoms with Gasteiger partial charge in [-0.3, -0.25) is 14.7 Å². The van der Waals surface area contributed by atoms with Crippen molar-refractivity contribution >= 4 is 11.9 Å². The maximum absolute atomic E-state index is 11.9. The Morgan fingerprint density at radius 2 is 2.25 bits per heavy atom. The van der Waals surface area contributed by atoms with E-state index in [1.54, 1.807) is 19.1 Å². The number of carbonyl (C=O) groups is 2. The minimum Gasteiger partial charge on any atom is -0.481 e. The number of rotatable bonds is 5. The van der Waals surface area contributed by atoms with Crippen molar-refractivity contribution < 1.29 is 19.1 Å². The zero-order valence-corrected chi connectivity index (χ0v) is 11.1. The van der Waals surface area contributed by atoms with Crippen molar-refractivity contribution in [3.05, 3.63) is 29.7 Å². The van der Waals surface area contributed by atoms with Crippen LogP contribution in [0.2, 0.25) is 0 Å². The maximum atomic E-state index is 11.9. The van der Waals surface area contributed by atoms with Crippen LogP contribution in [0, 0.1) is 6.92 Å². The van der Waals surface area contributed by atoms with Gasteiger partial charge in [-0.1, -0.05) is 0 Å². The first-order chi connectivity index (χ1) is 9.45. The lowest BCUT2D eigenvalue weighted by Crippen LogP contribution is -2.34. The molecular weight excluding hydrogens is 262 g/mol. The van der Waals surface area contributed by atoms with Crippen LogP contribution in [0.15, 0.2) is 22.6 Å². The number of carboxylic acids is 1. The van der Waals surface area contributed by atoms with Gasteiger partial charge >= 0.3 is 5.97 Å². The molecule has 0 radical (unpaired) electrons. The highest BCUT2D eigenvalue weighted by atomic mass is 16.4. The second-order valence-corrected chi connectivity index (χ2v) is 4.55. The molecule has 1 atom stereocenters. The number of furan rings is 1. The molecule has 2 heterocycles. The van der Waals surface area contributed by atoms with Gasteiger partial charge in [-0.15, -0.1) is 0 Å². The molecule has 7 heteroatoms. The normalized spacial score (nSPS) is 12.1. The summed E-state index contributed by atoms with van der Waals surface area (Å²) in [5.74, 6) is -0.0422. The fraction of sp³-hybridized carbons (Fsp3) is 0.308. The number of aromatic amines is 1. The van der Waals surface area contributed by atoms with Crippen molar-refractivity contribution in [2.24, 2.45) is 0 Å². The molecule has 0 spiro atoms. The lowest BCUT2D eigenvalue weighted by molar-refractivity contribution is -0.137. The summed E-state index contributed by atoms with van der Waals surface area (Å²) in [4.78, 5) is 22.4. The molecule has 2 aromatic rings. The Hall–Kier alpha value is -2.57.